The number of benzene rings is 1. The van der Waals surface area contributed by atoms with Gasteiger partial charge >= 0.3 is 0 Å². The highest BCUT2D eigenvalue weighted by Gasteiger charge is 2.30. The Kier molecular flexibility index (Phi) is 4.38. The fourth-order valence-electron chi connectivity index (χ4n) is 2.98. The molecule has 1 saturated heterocycles. The molecule has 1 aliphatic rings. The SMILES string of the molecule is CCc1[nH]nc(C(=O)N2CCN(c3ccc(C)cc3)C(=O)C2)c1C. The monoisotopic (exact) mass is 326 g/mol. The third-order valence-electron chi connectivity index (χ3n) is 4.52. The third kappa shape index (κ3) is 2.91. The molecule has 0 unspecified atom stereocenters. The second-order valence-electron chi connectivity index (χ2n) is 6.14. The van der Waals surface area contributed by atoms with E-state index in [1.165, 1.54) is 0 Å². The van der Waals surface area contributed by atoms with Crippen LogP contribution in [0.15, 0.2) is 24.3 Å². The summed E-state index contributed by atoms with van der Waals surface area (Å²) in [5, 5.41) is 7.03. The summed E-state index contributed by atoms with van der Waals surface area (Å²) >= 11 is 0. The largest absolute Gasteiger partial charge is 0.326 e. The second-order valence-corrected chi connectivity index (χ2v) is 6.14. The van der Waals surface area contributed by atoms with Crippen molar-refractivity contribution < 1.29 is 9.59 Å². The number of anilines is 1. The molecule has 6 heteroatoms. The molecule has 0 bridgehead atoms. The lowest BCUT2D eigenvalue weighted by Gasteiger charge is -2.34. The van der Waals surface area contributed by atoms with Crippen LogP contribution in [0, 0.1) is 13.8 Å². The van der Waals surface area contributed by atoms with E-state index < -0.39 is 0 Å². The van der Waals surface area contributed by atoms with E-state index in [1.54, 1.807) is 9.80 Å². The first-order valence-electron chi connectivity index (χ1n) is 8.21. The topological polar surface area (TPSA) is 69.3 Å². The Morgan fingerprint density at radius 3 is 2.50 bits per heavy atom. The zero-order valence-electron chi connectivity index (χ0n) is 14.3. The average molecular weight is 326 g/mol. The number of hydrogen-bond donors (Lipinski definition) is 1. The summed E-state index contributed by atoms with van der Waals surface area (Å²) in [6, 6.07) is 7.85. The molecule has 1 N–H and O–H groups in total. The van der Waals surface area contributed by atoms with Crippen molar-refractivity contribution in [1.29, 1.82) is 0 Å². The van der Waals surface area contributed by atoms with E-state index in [9.17, 15) is 9.59 Å². The molecule has 24 heavy (non-hydrogen) atoms. The van der Waals surface area contributed by atoms with Crippen LogP contribution in [0.25, 0.3) is 0 Å². The van der Waals surface area contributed by atoms with Crippen molar-refractivity contribution in [3.8, 4) is 0 Å². The second kappa shape index (κ2) is 6.47. The molecular weight excluding hydrogens is 304 g/mol. The van der Waals surface area contributed by atoms with Gasteiger partial charge in [0.1, 0.15) is 6.54 Å². The molecule has 0 atom stereocenters. The number of nitrogens with zero attached hydrogens (tertiary/aromatic N) is 3. The predicted molar refractivity (Wildman–Crippen MR) is 92.1 cm³/mol. The minimum Gasteiger partial charge on any atom is -0.326 e. The third-order valence-corrected chi connectivity index (χ3v) is 4.52. The number of aromatic amines is 1. The highest BCUT2D eigenvalue weighted by atomic mass is 16.2. The summed E-state index contributed by atoms with van der Waals surface area (Å²) in [5.74, 6) is -0.247. The number of amides is 2. The van der Waals surface area contributed by atoms with Gasteiger partial charge in [-0.15, -0.1) is 0 Å². The van der Waals surface area contributed by atoms with Gasteiger partial charge in [-0.1, -0.05) is 24.6 Å². The van der Waals surface area contributed by atoms with Gasteiger partial charge in [0.15, 0.2) is 5.69 Å². The summed E-state index contributed by atoms with van der Waals surface area (Å²) in [7, 11) is 0. The standard InChI is InChI=1S/C18H22N4O2/c1-4-15-13(3)17(20-19-15)18(24)21-9-10-22(16(23)11-21)14-7-5-12(2)6-8-14/h5-8H,4,9-11H2,1-3H3,(H,19,20). The van der Waals surface area contributed by atoms with Gasteiger partial charge in [-0.3, -0.25) is 14.7 Å². The van der Waals surface area contributed by atoms with Crippen molar-refractivity contribution >= 4 is 17.5 Å². The van der Waals surface area contributed by atoms with Crippen molar-refractivity contribution in [3.63, 3.8) is 0 Å². The normalized spacial score (nSPS) is 15.0. The van der Waals surface area contributed by atoms with Gasteiger partial charge in [-0.25, -0.2) is 0 Å². The van der Waals surface area contributed by atoms with Crippen molar-refractivity contribution in [1.82, 2.24) is 15.1 Å². The minimum absolute atomic E-state index is 0.0673. The van der Waals surface area contributed by atoms with E-state index in [0.717, 1.165) is 28.9 Å². The molecule has 1 aromatic carbocycles. The van der Waals surface area contributed by atoms with Crippen LogP contribution >= 0.6 is 0 Å². The summed E-state index contributed by atoms with van der Waals surface area (Å²) in [5.41, 5.74) is 4.28. The number of aromatic nitrogens is 2. The molecule has 1 aromatic heterocycles. The van der Waals surface area contributed by atoms with Gasteiger partial charge in [-0.05, 0) is 32.4 Å². The Bertz CT molecular complexity index is 764. The molecule has 6 nitrogen and oxygen atoms in total. The van der Waals surface area contributed by atoms with Gasteiger partial charge in [-0.2, -0.15) is 5.10 Å². The Labute approximate surface area is 141 Å². The van der Waals surface area contributed by atoms with Gasteiger partial charge in [0.05, 0.1) is 0 Å². The number of carbonyl (C=O) groups excluding carboxylic acids is 2. The Balaban J connectivity index is 1.73. The van der Waals surface area contributed by atoms with E-state index in [0.29, 0.717) is 18.8 Å². The Morgan fingerprint density at radius 1 is 1.21 bits per heavy atom. The maximum Gasteiger partial charge on any atom is 0.275 e. The zero-order chi connectivity index (χ0) is 17.3. The Hall–Kier alpha value is -2.63. The summed E-state index contributed by atoms with van der Waals surface area (Å²) < 4.78 is 0. The van der Waals surface area contributed by atoms with E-state index in [4.69, 9.17) is 0 Å². The molecule has 0 aliphatic carbocycles. The first kappa shape index (κ1) is 16.2. The molecule has 3 rings (SSSR count). The van der Waals surface area contributed by atoms with E-state index in [1.807, 2.05) is 45.0 Å². The molecule has 2 aromatic rings. The molecule has 1 aliphatic heterocycles. The molecule has 0 spiro atoms. The average Bonchev–Trinajstić information content (AvgIpc) is 2.96. The van der Waals surface area contributed by atoms with Crippen molar-refractivity contribution in [2.75, 3.05) is 24.5 Å². The quantitative estimate of drug-likeness (QED) is 0.939. The summed E-state index contributed by atoms with van der Waals surface area (Å²) in [6.07, 6.45) is 0.798. The first-order valence-corrected chi connectivity index (χ1v) is 8.21. The van der Waals surface area contributed by atoms with Crippen LogP contribution in [0.3, 0.4) is 0 Å². The van der Waals surface area contributed by atoms with Crippen molar-refractivity contribution in [2.24, 2.45) is 0 Å². The number of hydrogen-bond acceptors (Lipinski definition) is 3. The predicted octanol–water partition coefficient (Wildman–Crippen LogP) is 2.08. The fraction of sp³-hybridized carbons (Fsp3) is 0.389. The molecule has 126 valence electrons. The highest BCUT2D eigenvalue weighted by Crippen LogP contribution is 2.20. The maximum atomic E-state index is 12.7. The van der Waals surface area contributed by atoms with E-state index in [-0.39, 0.29) is 18.4 Å². The summed E-state index contributed by atoms with van der Waals surface area (Å²) in [6.45, 7) is 7.00. The van der Waals surface area contributed by atoms with Crippen LogP contribution in [-0.2, 0) is 11.2 Å². The maximum absolute atomic E-state index is 12.7. The zero-order valence-corrected chi connectivity index (χ0v) is 14.3. The smallest absolute Gasteiger partial charge is 0.275 e. The van der Waals surface area contributed by atoms with Crippen LogP contribution in [0.1, 0.15) is 34.2 Å². The van der Waals surface area contributed by atoms with Crippen molar-refractivity contribution in [2.45, 2.75) is 27.2 Å². The Morgan fingerprint density at radius 2 is 1.92 bits per heavy atom. The lowest BCUT2D eigenvalue weighted by molar-refractivity contribution is -0.120. The highest BCUT2D eigenvalue weighted by molar-refractivity contribution is 6.01. The molecule has 0 saturated carbocycles. The molecule has 2 heterocycles. The number of carbonyl (C=O) groups is 2. The summed E-state index contributed by atoms with van der Waals surface area (Å²) in [4.78, 5) is 28.4. The number of aryl methyl sites for hydroxylation is 2. The van der Waals surface area contributed by atoms with Crippen LogP contribution in [-0.4, -0.2) is 46.5 Å². The van der Waals surface area contributed by atoms with Gasteiger partial charge in [0.25, 0.3) is 5.91 Å². The van der Waals surface area contributed by atoms with Gasteiger partial charge in [0, 0.05) is 30.0 Å². The minimum atomic E-state index is -0.180. The van der Waals surface area contributed by atoms with Gasteiger partial charge < -0.3 is 9.80 Å². The van der Waals surface area contributed by atoms with Crippen LogP contribution in [0.5, 0.6) is 0 Å². The van der Waals surface area contributed by atoms with Crippen molar-refractivity contribution in [3.05, 3.63) is 46.8 Å². The molecule has 2 amide bonds. The number of nitrogens with one attached hydrogen (secondary N) is 1. The first-order chi connectivity index (χ1) is 11.5. The lowest BCUT2D eigenvalue weighted by Crippen LogP contribution is -2.52. The molecular formula is C18H22N4O2. The number of rotatable bonds is 3. The van der Waals surface area contributed by atoms with E-state index in [2.05, 4.69) is 10.2 Å². The van der Waals surface area contributed by atoms with Crippen LogP contribution in [0.2, 0.25) is 0 Å². The molecule has 1 fully saturated rings. The fourth-order valence-corrected chi connectivity index (χ4v) is 2.98. The molecule has 0 radical (unpaired) electrons. The van der Waals surface area contributed by atoms with Crippen LogP contribution < -0.4 is 4.90 Å². The van der Waals surface area contributed by atoms with E-state index >= 15 is 0 Å². The van der Waals surface area contributed by atoms with Crippen LogP contribution in [0.4, 0.5) is 5.69 Å². The number of piperazine rings is 1. The number of H-pyrrole nitrogens is 1. The lowest BCUT2D eigenvalue weighted by atomic mass is 10.1. The van der Waals surface area contributed by atoms with Gasteiger partial charge in [0.2, 0.25) is 5.91 Å².